The fraction of sp³-hybridized carbons (Fsp3) is 0.300. The van der Waals surface area contributed by atoms with Gasteiger partial charge in [0.15, 0.2) is 0 Å². The fourth-order valence-corrected chi connectivity index (χ4v) is 0.833. The van der Waals surface area contributed by atoms with E-state index in [2.05, 4.69) is 0 Å². The number of hydrogen-bond acceptors (Lipinski definition) is 2. The topological polar surface area (TPSA) is 33.0 Å². The van der Waals surface area contributed by atoms with Gasteiger partial charge in [-0.2, -0.15) is 5.26 Å². The molecule has 0 spiro atoms. The van der Waals surface area contributed by atoms with E-state index in [-0.39, 0.29) is 6.10 Å². The zero-order valence-electron chi connectivity index (χ0n) is 7.03. The van der Waals surface area contributed by atoms with E-state index in [4.69, 9.17) is 10.00 Å². The lowest BCUT2D eigenvalue weighted by atomic mass is 10.2. The molecule has 0 aromatic heterocycles. The normalized spacial score (nSPS) is 12.0. The molecule has 0 N–H and O–H groups in total. The van der Waals surface area contributed by atoms with Crippen molar-refractivity contribution in [2.75, 3.05) is 0 Å². The molecule has 0 unspecified atom stereocenters. The van der Waals surface area contributed by atoms with Crippen molar-refractivity contribution < 1.29 is 4.74 Å². The Hall–Kier alpha value is -1.33. The van der Waals surface area contributed by atoms with Crippen LogP contribution >= 0.6 is 0 Å². The molecule has 0 saturated heterocycles. The highest BCUT2D eigenvalue weighted by Gasteiger charge is 1.98. The Balaban J connectivity index is 2.40. The highest BCUT2D eigenvalue weighted by Crippen LogP contribution is 2.02. The van der Waals surface area contributed by atoms with Crippen LogP contribution in [0.5, 0.6) is 0 Å². The summed E-state index contributed by atoms with van der Waals surface area (Å²) in [5.41, 5.74) is 1.10. The van der Waals surface area contributed by atoms with E-state index in [1.807, 2.05) is 36.4 Å². The van der Waals surface area contributed by atoms with E-state index < -0.39 is 0 Å². The maximum absolute atomic E-state index is 8.44. The van der Waals surface area contributed by atoms with Gasteiger partial charge in [-0.15, -0.1) is 0 Å². The number of rotatable bonds is 3. The lowest BCUT2D eigenvalue weighted by Gasteiger charge is -2.04. The third kappa shape index (κ3) is 2.73. The van der Waals surface area contributed by atoms with Crippen LogP contribution in [0.3, 0.4) is 0 Å². The first-order valence-electron chi connectivity index (χ1n) is 3.88. The molecule has 0 heterocycles. The van der Waals surface area contributed by atoms with Crippen molar-refractivity contribution in [2.45, 2.75) is 19.6 Å². The largest absolute Gasteiger partial charge is 0.359 e. The Kier molecular flexibility index (Phi) is 3.31. The molecule has 12 heavy (non-hydrogen) atoms. The summed E-state index contributed by atoms with van der Waals surface area (Å²) in [6, 6.07) is 11.8. The van der Waals surface area contributed by atoms with Crippen LogP contribution in [0.1, 0.15) is 12.5 Å². The van der Waals surface area contributed by atoms with Crippen molar-refractivity contribution in [3.8, 4) is 6.07 Å². The highest BCUT2D eigenvalue weighted by molar-refractivity contribution is 5.13. The molecule has 2 heteroatoms. The van der Waals surface area contributed by atoms with Crippen LogP contribution in [0.2, 0.25) is 0 Å². The van der Waals surface area contributed by atoms with Crippen LogP contribution in [0, 0.1) is 11.3 Å². The molecule has 0 amide bonds. The Labute approximate surface area is 72.4 Å². The maximum Gasteiger partial charge on any atom is 0.141 e. The molecule has 0 aliphatic heterocycles. The van der Waals surface area contributed by atoms with E-state index in [1.165, 1.54) is 0 Å². The number of nitriles is 1. The third-order valence-corrected chi connectivity index (χ3v) is 1.52. The van der Waals surface area contributed by atoms with Gasteiger partial charge in [-0.25, -0.2) is 0 Å². The van der Waals surface area contributed by atoms with Crippen molar-refractivity contribution >= 4 is 0 Å². The highest BCUT2D eigenvalue weighted by atomic mass is 16.5. The molecule has 0 bridgehead atoms. The molecule has 0 fully saturated rings. The molecule has 0 radical (unpaired) electrons. The standard InChI is InChI=1S/C10H11NO/c1-9(7-11)12-8-10-5-3-2-4-6-10/h2-6,9H,8H2,1H3/t9-/m1/s1. The second-order valence-electron chi connectivity index (χ2n) is 2.57. The molecule has 1 atom stereocenters. The molecule has 62 valence electrons. The van der Waals surface area contributed by atoms with E-state index >= 15 is 0 Å². The molecule has 0 aliphatic carbocycles. The first kappa shape index (κ1) is 8.76. The quantitative estimate of drug-likeness (QED) is 0.680. The summed E-state index contributed by atoms with van der Waals surface area (Å²) >= 11 is 0. The second-order valence-corrected chi connectivity index (χ2v) is 2.57. The molecular weight excluding hydrogens is 150 g/mol. The molecular formula is C10H11NO. The van der Waals surface area contributed by atoms with Gasteiger partial charge in [0.25, 0.3) is 0 Å². The minimum atomic E-state index is -0.329. The van der Waals surface area contributed by atoms with Crippen LogP contribution < -0.4 is 0 Å². The Morgan fingerprint density at radius 1 is 1.42 bits per heavy atom. The van der Waals surface area contributed by atoms with Crippen LogP contribution in [-0.4, -0.2) is 6.10 Å². The summed E-state index contributed by atoms with van der Waals surface area (Å²) < 4.78 is 5.22. The van der Waals surface area contributed by atoms with Gasteiger partial charge in [0.1, 0.15) is 6.10 Å². The predicted octanol–water partition coefficient (Wildman–Crippen LogP) is 2.12. The average Bonchev–Trinajstić information content (AvgIpc) is 2.16. The van der Waals surface area contributed by atoms with Crippen LogP contribution in [0.4, 0.5) is 0 Å². The molecule has 0 saturated carbocycles. The van der Waals surface area contributed by atoms with Gasteiger partial charge in [0.2, 0.25) is 0 Å². The number of benzene rings is 1. The van der Waals surface area contributed by atoms with Crippen molar-refractivity contribution in [3.63, 3.8) is 0 Å². The minimum absolute atomic E-state index is 0.329. The fourth-order valence-electron chi connectivity index (χ4n) is 0.833. The van der Waals surface area contributed by atoms with Crippen molar-refractivity contribution in [2.24, 2.45) is 0 Å². The molecule has 1 rings (SSSR count). The summed E-state index contributed by atoms with van der Waals surface area (Å²) in [6.45, 7) is 2.25. The van der Waals surface area contributed by atoms with Gasteiger partial charge in [-0.1, -0.05) is 30.3 Å². The molecule has 1 aromatic carbocycles. The van der Waals surface area contributed by atoms with Gasteiger partial charge in [-0.3, -0.25) is 0 Å². The monoisotopic (exact) mass is 161 g/mol. The lowest BCUT2D eigenvalue weighted by molar-refractivity contribution is 0.0887. The van der Waals surface area contributed by atoms with Crippen LogP contribution in [-0.2, 0) is 11.3 Å². The summed E-state index contributed by atoms with van der Waals surface area (Å²) in [6.07, 6.45) is -0.329. The van der Waals surface area contributed by atoms with Gasteiger partial charge in [0, 0.05) is 0 Å². The molecule has 1 aromatic rings. The lowest BCUT2D eigenvalue weighted by Crippen LogP contribution is -2.04. The average molecular weight is 161 g/mol. The SMILES string of the molecule is C[C@H](C#N)OCc1ccccc1. The number of hydrogen-bond donors (Lipinski definition) is 0. The smallest absolute Gasteiger partial charge is 0.141 e. The summed E-state index contributed by atoms with van der Waals surface area (Å²) in [4.78, 5) is 0. The summed E-state index contributed by atoms with van der Waals surface area (Å²) in [5, 5.41) is 8.44. The van der Waals surface area contributed by atoms with Crippen molar-refractivity contribution in [1.29, 1.82) is 5.26 Å². The predicted molar refractivity (Wildman–Crippen MR) is 46.3 cm³/mol. The summed E-state index contributed by atoms with van der Waals surface area (Å²) in [7, 11) is 0. The van der Waals surface area contributed by atoms with E-state index in [0.717, 1.165) is 5.56 Å². The summed E-state index contributed by atoms with van der Waals surface area (Å²) in [5.74, 6) is 0. The number of ether oxygens (including phenoxy) is 1. The Morgan fingerprint density at radius 2 is 2.08 bits per heavy atom. The number of nitrogens with zero attached hydrogens (tertiary/aromatic N) is 1. The maximum atomic E-state index is 8.44. The first-order chi connectivity index (χ1) is 5.83. The molecule has 2 nitrogen and oxygen atoms in total. The van der Waals surface area contributed by atoms with E-state index in [0.29, 0.717) is 6.61 Å². The van der Waals surface area contributed by atoms with E-state index in [1.54, 1.807) is 6.92 Å². The van der Waals surface area contributed by atoms with Crippen molar-refractivity contribution in [3.05, 3.63) is 35.9 Å². The van der Waals surface area contributed by atoms with Crippen LogP contribution in [0.15, 0.2) is 30.3 Å². The zero-order chi connectivity index (χ0) is 8.81. The van der Waals surface area contributed by atoms with Gasteiger partial charge in [-0.05, 0) is 12.5 Å². The van der Waals surface area contributed by atoms with Gasteiger partial charge < -0.3 is 4.74 Å². The third-order valence-electron chi connectivity index (χ3n) is 1.52. The van der Waals surface area contributed by atoms with Crippen molar-refractivity contribution in [1.82, 2.24) is 0 Å². The molecule has 0 aliphatic rings. The van der Waals surface area contributed by atoms with Gasteiger partial charge >= 0.3 is 0 Å². The van der Waals surface area contributed by atoms with E-state index in [9.17, 15) is 0 Å². The zero-order valence-corrected chi connectivity index (χ0v) is 7.03. The Bertz CT molecular complexity index is 263. The van der Waals surface area contributed by atoms with Crippen LogP contribution in [0.25, 0.3) is 0 Å². The van der Waals surface area contributed by atoms with Gasteiger partial charge in [0.05, 0.1) is 12.7 Å². The first-order valence-corrected chi connectivity index (χ1v) is 3.88. The Morgan fingerprint density at radius 3 is 2.67 bits per heavy atom. The minimum Gasteiger partial charge on any atom is -0.359 e. The second kappa shape index (κ2) is 4.53.